The van der Waals surface area contributed by atoms with Gasteiger partial charge in [-0.25, -0.2) is 4.39 Å². The summed E-state index contributed by atoms with van der Waals surface area (Å²) in [6, 6.07) is 6.57. The molecule has 0 aliphatic carbocycles. The fourth-order valence-corrected chi connectivity index (χ4v) is 1.16. The minimum absolute atomic E-state index is 0.0956. The Labute approximate surface area is 84.1 Å². The third-order valence-electron chi connectivity index (χ3n) is 2.29. The van der Waals surface area contributed by atoms with E-state index >= 15 is 0 Å². The quantitative estimate of drug-likeness (QED) is 0.801. The molecule has 1 N–H and O–H groups in total. The lowest BCUT2D eigenvalue weighted by atomic mass is 10.2. The third kappa shape index (κ3) is 3.00. The van der Waals surface area contributed by atoms with E-state index in [0.717, 1.165) is 5.69 Å². The number of benzene rings is 1. The largest absolute Gasteiger partial charge is 0.380 e. The average molecular weight is 197 g/mol. The highest BCUT2D eigenvalue weighted by Crippen LogP contribution is 2.12. The van der Waals surface area contributed by atoms with E-state index in [4.69, 9.17) is 4.74 Å². The molecule has 0 saturated carbocycles. The molecule has 0 amide bonds. The van der Waals surface area contributed by atoms with Crippen molar-refractivity contribution in [2.45, 2.75) is 26.0 Å². The lowest BCUT2D eigenvalue weighted by Crippen LogP contribution is -2.29. The van der Waals surface area contributed by atoms with Crippen molar-refractivity contribution in [3.8, 4) is 0 Å². The minimum Gasteiger partial charge on any atom is -0.380 e. The standard InChI is InChI=1S/C11H16FNO/c1-8(9(2)14-3)13-11-6-4-5-10(12)7-11/h4-9,13H,1-3H3. The first-order valence-corrected chi connectivity index (χ1v) is 4.68. The molecule has 14 heavy (non-hydrogen) atoms. The molecule has 0 fully saturated rings. The van der Waals surface area contributed by atoms with Gasteiger partial charge in [-0.15, -0.1) is 0 Å². The van der Waals surface area contributed by atoms with E-state index < -0.39 is 0 Å². The summed E-state index contributed by atoms with van der Waals surface area (Å²) in [5, 5.41) is 3.17. The van der Waals surface area contributed by atoms with Crippen molar-refractivity contribution >= 4 is 5.69 Å². The molecule has 0 saturated heterocycles. The van der Waals surface area contributed by atoms with Crippen molar-refractivity contribution in [2.75, 3.05) is 12.4 Å². The van der Waals surface area contributed by atoms with Gasteiger partial charge in [0.1, 0.15) is 5.82 Å². The Morgan fingerprint density at radius 3 is 2.64 bits per heavy atom. The molecule has 0 aromatic heterocycles. The SMILES string of the molecule is COC(C)C(C)Nc1cccc(F)c1. The molecule has 0 heterocycles. The Balaban J connectivity index is 2.60. The molecule has 0 spiro atoms. The fraction of sp³-hybridized carbons (Fsp3) is 0.455. The van der Waals surface area contributed by atoms with E-state index in [1.165, 1.54) is 12.1 Å². The molecule has 1 aromatic rings. The maximum atomic E-state index is 12.8. The highest BCUT2D eigenvalue weighted by molar-refractivity contribution is 5.44. The molecule has 78 valence electrons. The zero-order valence-electron chi connectivity index (χ0n) is 8.75. The van der Waals surface area contributed by atoms with E-state index in [2.05, 4.69) is 5.32 Å². The van der Waals surface area contributed by atoms with Crippen LogP contribution in [0, 0.1) is 5.82 Å². The Kier molecular flexibility index (Phi) is 3.89. The van der Waals surface area contributed by atoms with Gasteiger partial charge in [0.05, 0.1) is 6.10 Å². The highest BCUT2D eigenvalue weighted by atomic mass is 19.1. The van der Waals surface area contributed by atoms with Crippen LogP contribution in [0.4, 0.5) is 10.1 Å². The van der Waals surface area contributed by atoms with Crippen molar-refractivity contribution in [1.29, 1.82) is 0 Å². The summed E-state index contributed by atoms with van der Waals surface area (Å²) in [6.07, 6.45) is 0.0956. The second kappa shape index (κ2) is 4.96. The van der Waals surface area contributed by atoms with Crippen LogP contribution in [0.3, 0.4) is 0 Å². The van der Waals surface area contributed by atoms with Gasteiger partial charge in [-0.1, -0.05) is 6.07 Å². The molecule has 0 bridgehead atoms. The molecule has 0 aliphatic heterocycles. The summed E-state index contributed by atoms with van der Waals surface area (Å²) >= 11 is 0. The number of nitrogens with one attached hydrogen (secondary N) is 1. The third-order valence-corrected chi connectivity index (χ3v) is 2.29. The van der Waals surface area contributed by atoms with Gasteiger partial charge in [0.15, 0.2) is 0 Å². The van der Waals surface area contributed by atoms with E-state index in [9.17, 15) is 4.39 Å². The van der Waals surface area contributed by atoms with Gasteiger partial charge in [0, 0.05) is 18.8 Å². The monoisotopic (exact) mass is 197 g/mol. The summed E-state index contributed by atoms with van der Waals surface area (Å²) in [6.45, 7) is 3.97. The first-order chi connectivity index (χ1) is 6.63. The number of anilines is 1. The number of halogens is 1. The van der Waals surface area contributed by atoms with Gasteiger partial charge in [0.25, 0.3) is 0 Å². The normalized spacial score (nSPS) is 14.9. The Morgan fingerprint density at radius 2 is 2.07 bits per heavy atom. The Bertz CT molecular complexity index is 290. The molecule has 1 aromatic carbocycles. The summed E-state index contributed by atoms with van der Waals surface area (Å²) in [5.74, 6) is -0.229. The van der Waals surface area contributed by atoms with Crippen LogP contribution in [0.25, 0.3) is 0 Å². The predicted molar refractivity (Wildman–Crippen MR) is 56.0 cm³/mol. The van der Waals surface area contributed by atoms with Crippen LogP contribution in [0.5, 0.6) is 0 Å². The summed E-state index contributed by atoms with van der Waals surface area (Å²) in [4.78, 5) is 0. The van der Waals surface area contributed by atoms with Crippen LogP contribution < -0.4 is 5.32 Å². The highest BCUT2D eigenvalue weighted by Gasteiger charge is 2.10. The van der Waals surface area contributed by atoms with E-state index in [-0.39, 0.29) is 18.0 Å². The summed E-state index contributed by atoms with van der Waals surface area (Å²) in [7, 11) is 1.66. The first kappa shape index (κ1) is 11.0. The van der Waals surface area contributed by atoms with Crippen molar-refractivity contribution in [3.63, 3.8) is 0 Å². The predicted octanol–water partition coefficient (Wildman–Crippen LogP) is 2.66. The van der Waals surface area contributed by atoms with E-state index in [1.54, 1.807) is 13.2 Å². The number of rotatable bonds is 4. The zero-order valence-corrected chi connectivity index (χ0v) is 8.75. The lowest BCUT2D eigenvalue weighted by Gasteiger charge is -2.20. The van der Waals surface area contributed by atoms with Crippen LogP contribution in [0.2, 0.25) is 0 Å². The van der Waals surface area contributed by atoms with Gasteiger partial charge in [-0.3, -0.25) is 0 Å². The average Bonchev–Trinajstić information content (AvgIpc) is 2.16. The fourth-order valence-electron chi connectivity index (χ4n) is 1.16. The molecule has 2 nitrogen and oxygen atoms in total. The van der Waals surface area contributed by atoms with Gasteiger partial charge >= 0.3 is 0 Å². The number of hydrogen-bond acceptors (Lipinski definition) is 2. The van der Waals surface area contributed by atoms with Crippen LogP contribution in [0.1, 0.15) is 13.8 Å². The first-order valence-electron chi connectivity index (χ1n) is 4.68. The minimum atomic E-state index is -0.229. The van der Waals surface area contributed by atoms with Crippen molar-refractivity contribution in [1.82, 2.24) is 0 Å². The van der Waals surface area contributed by atoms with Crippen LogP contribution in [-0.4, -0.2) is 19.3 Å². The second-order valence-electron chi connectivity index (χ2n) is 3.38. The molecule has 2 atom stereocenters. The van der Waals surface area contributed by atoms with Crippen molar-refractivity contribution in [2.24, 2.45) is 0 Å². The number of hydrogen-bond donors (Lipinski definition) is 1. The molecular formula is C11H16FNO. The molecule has 0 radical (unpaired) electrons. The number of ether oxygens (including phenoxy) is 1. The zero-order chi connectivity index (χ0) is 10.6. The topological polar surface area (TPSA) is 21.3 Å². The van der Waals surface area contributed by atoms with E-state index in [1.807, 2.05) is 19.9 Å². The molecule has 2 unspecified atom stereocenters. The summed E-state index contributed by atoms with van der Waals surface area (Å²) in [5.41, 5.74) is 0.779. The van der Waals surface area contributed by atoms with Gasteiger partial charge in [-0.05, 0) is 32.0 Å². The van der Waals surface area contributed by atoms with Crippen molar-refractivity contribution < 1.29 is 9.13 Å². The molecule has 0 aliphatic rings. The molecule has 3 heteroatoms. The molecule has 1 rings (SSSR count). The number of methoxy groups -OCH3 is 1. The lowest BCUT2D eigenvalue weighted by molar-refractivity contribution is 0.106. The van der Waals surface area contributed by atoms with Crippen molar-refractivity contribution in [3.05, 3.63) is 30.1 Å². The molecular weight excluding hydrogens is 181 g/mol. The van der Waals surface area contributed by atoms with E-state index in [0.29, 0.717) is 0 Å². The van der Waals surface area contributed by atoms with Crippen LogP contribution in [0.15, 0.2) is 24.3 Å². The summed E-state index contributed by atoms with van der Waals surface area (Å²) < 4.78 is 18.0. The van der Waals surface area contributed by atoms with Gasteiger partial charge in [0.2, 0.25) is 0 Å². The van der Waals surface area contributed by atoms with Gasteiger partial charge in [-0.2, -0.15) is 0 Å². The van der Waals surface area contributed by atoms with Gasteiger partial charge < -0.3 is 10.1 Å². The maximum Gasteiger partial charge on any atom is 0.125 e. The van der Waals surface area contributed by atoms with Crippen LogP contribution in [-0.2, 0) is 4.74 Å². The smallest absolute Gasteiger partial charge is 0.125 e. The Morgan fingerprint density at radius 1 is 1.36 bits per heavy atom. The maximum absolute atomic E-state index is 12.8. The second-order valence-corrected chi connectivity index (χ2v) is 3.38. The van der Waals surface area contributed by atoms with Crippen LogP contribution >= 0.6 is 0 Å². The Hall–Kier alpha value is -1.09.